The summed E-state index contributed by atoms with van der Waals surface area (Å²) >= 11 is 0. The minimum atomic E-state index is -1.60. The average molecular weight is 396 g/mol. The fraction of sp³-hybridized carbons (Fsp3) is 0.217. The Morgan fingerprint density at radius 1 is 0.724 bits per heavy atom. The number of methoxy groups -OCH3 is 2. The number of para-hydroxylation sites is 2. The van der Waals surface area contributed by atoms with E-state index in [0.717, 1.165) is 0 Å². The van der Waals surface area contributed by atoms with Gasteiger partial charge in [0.2, 0.25) is 0 Å². The molecular formula is C23H24O6. The van der Waals surface area contributed by atoms with Crippen LogP contribution in [0.5, 0.6) is 23.0 Å². The number of benzene rings is 3. The van der Waals surface area contributed by atoms with Crippen molar-refractivity contribution in [3.63, 3.8) is 0 Å². The summed E-state index contributed by atoms with van der Waals surface area (Å²) in [6.07, 6.45) is -1.34. The van der Waals surface area contributed by atoms with Gasteiger partial charge in [-0.05, 0) is 36.4 Å². The van der Waals surface area contributed by atoms with Crippen molar-refractivity contribution in [3.8, 4) is 23.0 Å². The first-order valence-corrected chi connectivity index (χ1v) is 9.09. The smallest absolute Gasteiger partial charge is 0.371 e. The average Bonchev–Trinajstić information content (AvgIpc) is 2.74. The van der Waals surface area contributed by atoms with Crippen LogP contribution in [0, 0.1) is 0 Å². The summed E-state index contributed by atoms with van der Waals surface area (Å²) in [6.45, 7) is 1.59. The first-order valence-electron chi connectivity index (χ1n) is 9.09. The van der Waals surface area contributed by atoms with Crippen molar-refractivity contribution in [2.75, 3.05) is 14.2 Å². The molecule has 0 aromatic heterocycles. The van der Waals surface area contributed by atoms with Crippen molar-refractivity contribution in [3.05, 3.63) is 84.4 Å². The van der Waals surface area contributed by atoms with Gasteiger partial charge in [0, 0.05) is 12.5 Å². The molecule has 3 aromatic rings. The van der Waals surface area contributed by atoms with Gasteiger partial charge in [0.05, 0.1) is 14.2 Å². The van der Waals surface area contributed by atoms with Crippen LogP contribution in [0.1, 0.15) is 18.8 Å². The van der Waals surface area contributed by atoms with Gasteiger partial charge < -0.3 is 24.1 Å². The van der Waals surface area contributed by atoms with Gasteiger partial charge in [0.1, 0.15) is 11.5 Å². The third kappa shape index (κ3) is 5.40. The third-order valence-electron chi connectivity index (χ3n) is 4.11. The molecule has 0 heterocycles. The zero-order valence-electron chi connectivity index (χ0n) is 16.6. The van der Waals surface area contributed by atoms with Gasteiger partial charge >= 0.3 is 5.97 Å². The molecule has 3 aromatic carbocycles. The monoisotopic (exact) mass is 396 g/mol. The quantitative estimate of drug-likeness (QED) is 0.536. The lowest BCUT2D eigenvalue weighted by atomic mass is 10.2. The van der Waals surface area contributed by atoms with Crippen molar-refractivity contribution < 1.29 is 28.8 Å². The highest BCUT2D eigenvalue weighted by Crippen LogP contribution is 2.33. The maximum absolute atomic E-state index is 10.7. The Kier molecular flexibility index (Phi) is 6.59. The van der Waals surface area contributed by atoms with Crippen LogP contribution in [0.3, 0.4) is 0 Å². The van der Waals surface area contributed by atoms with E-state index in [1.165, 1.54) is 7.11 Å². The molecule has 6 heteroatoms. The van der Waals surface area contributed by atoms with Gasteiger partial charge in [-0.2, -0.15) is 0 Å². The maximum atomic E-state index is 10.7. The standard InChI is InChI=1S/C23H24O6/c1-23(27-18-10-6-4-7-11-18,28-19-12-8-5-9-13-19)29-22(24)17-14-15-20(25-2)21(16-17)26-3/h4-16,22,24H,1-3H3. The molecular weight excluding hydrogens is 372 g/mol. The molecule has 0 bridgehead atoms. The van der Waals surface area contributed by atoms with Crippen molar-refractivity contribution >= 4 is 0 Å². The summed E-state index contributed by atoms with van der Waals surface area (Å²) < 4.78 is 28.2. The fourth-order valence-corrected chi connectivity index (χ4v) is 2.75. The van der Waals surface area contributed by atoms with E-state index in [0.29, 0.717) is 28.6 Å². The minimum Gasteiger partial charge on any atom is -0.493 e. The zero-order valence-corrected chi connectivity index (χ0v) is 16.6. The maximum Gasteiger partial charge on any atom is 0.371 e. The molecule has 1 atom stereocenters. The van der Waals surface area contributed by atoms with E-state index in [1.54, 1.807) is 56.5 Å². The van der Waals surface area contributed by atoms with Gasteiger partial charge in [-0.25, -0.2) is 0 Å². The minimum absolute atomic E-state index is 0.460. The van der Waals surface area contributed by atoms with Crippen molar-refractivity contribution in [2.45, 2.75) is 19.2 Å². The van der Waals surface area contributed by atoms with Crippen LogP contribution in [0.4, 0.5) is 0 Å². The molecule has 3 rings (SSSR count). The molecule has 0 saturated heterocycles. The lowest BCUT2D eigenvalue weighted by molar-refractivity contribution is -0.345. The van der Waals surface area contributed by atoms with Gasteiger partial charge in [-0.3, -0.25) is 4.74 Å². The molecule has 0 amide bonds. The van der Waals surface area contributed by atoms with Crippen LogP contribution in [0.25, 0.3) is 0 Å². The van der Waals surface area contributed by atoms with E-state index in [4.69, 9.17) is 23.7 Å². The number of ether oxygens (including phenoxy) is 5. The van der Waals surface area contributed by atoms with E-state index in [2.05, 4.69) is 0 Å². The van der Waals surface area contributed by atoms with Crippen LogP contribution in [-0.2, 0) is 4.74 Å². The van der Waals surface area contributed by atoms with Gasteiger partial charge in [-0.15, -0.1) is 0 Å². The molecule has 1 unspecified atom stereocenters. The van der Waals surface area contributed by atoms with Crippen molar-refractivity contribution in [1.29, 1.82) is 0 Å². The highest BCUT2D eigenvalue weighted by molar-refractivity contribution is 5.43. The molecule has 152 valence electrons. The van der Waals surface area contributed by atoms with Gasteiger partial charge in [0.25, 0.3) is 0 Å². The normalized spacial score (nSPS) is 12.1. The van der Waals surface area contributed by atoms with E-state index in [9.17, 15) is 5.11 Å². The molecule has 0 saturated carbocycles. The van der Waals surface area contributed by atoms with Crippen LogP contribution in [0.2, 0.25) is 0 Å². The third-order valence-corrected chi connectivity index (χ3v) is 4.11. The van der Waals surface area contributed by atoms with E-state index in [-0.39, 0.29) is 0 Å². The Balaban J connectivity index is 1.85. The summed E-state index contributed by atoms with van der Waals surface area (Å²) in [5.74, 6) is 0.487. The molecule has 0 radical (unpaired) electrons. The Labute approximate surface area is 170 Å². The molecule has 0 aliphatic carbocycles. The van der Waals surface area contributed by atoms with E-state index < -0.39 is 12.3 Å². The van der Waals surface area contributed by atoms with Gasteiger partial charge in [0.15, 0.2) is 17.8 Å². The fourth-order valence-electron chi connectivity index (χ4n) is 2.75. The first kappa shape index (κ1) is 20.5. The highest BCUT2D eigenvalue weighted by atomic mass is 16.9. The second-order valence-corrected chi connectivity index (χ2v) is 6.28. The number of hydrogen-bond acceptors (Lipinski definition) is 6. The van der Waals surface area contributed by atoms with Gasteiger partial charge in [-0.1, -0.05) is 42.5 Å². The molecule has 0 aliphatic heterocycles. The summed E-state index contributed by atoms with van der Waals surface area (Å²) in [5, 5.41) is 10.7. The predicted octanol–water partition coefficient (Wildman–Crippen LogP) is 4.54. The Bertz CT molecular complexity index is 856. The number of rotatable bonds is 9. The van der Waals surface area contributed by atoms with E-state index in [1.807, 2.05) is 36.4 Å². The first-order chi connectivity index (χ1) is 14.0. The Hall–Kier alpha value is -3.22. The number of hydrogen-bond donors (Lipinski definition) is 1. The lowest BCUT2D eigenvalue weighted by Gasteiger charge is -2.32. The van der Waals surface area contributed by atoms with Crippen LogP contribution >= 0.6 is 0 Å². The molecule has 0 fully saturated rings. The second kappa shape index (κ2) is 9.32. The van der Waals surface area contributed by atoms with Crippen LogP contribution < -0.4 is 18.9 Å². The topological polar surface area (TPSA) is 66.4 Å². The second-order valence-electron chi connectivity index (χ2n) is 6.28. The molecule has 0 spiro atoms. The SMILES string of the molecule is COc1ccc(C(O)OC(C)(Oc2ccccc2)Oc2ccccc2)cc1OC. The Morgan fingerprint density at radius 2 is 1.24 bits per heavy atom. The number of aliphatic hydroxyl groups is 1. The number of aliphatic hydroxyl groups excluding tert-OH is 1. The summed E-state index contributed by atoms with van der Waals surface area (Å²) in [5.41, 5.74) is 0.460. The predicted molar refractivity (Wildman–Crippen MR) is 108 cm³/mol. The largest absolute Gasteiger partial charge is 0.493 e. The molecule has 0 aliphatic rings. The summed E-state index contributed by atoms with van der Waals surface area (Å²) in [6, 6.07) is 23.2. The van der Waals surface area contributed by atoms with Crippen molar-refractivity contribution in [2.24, 2.45) is 0 Å². The summed E-state index contributed by atoms with van der Waals surface area (Å²) in [7, 11) is 3.07. The Morgan fingerprint density at radius 3 is 1.72 bits per heavy atom. The summed E-state index contributed by atoms with van der Waals surface area (Å²) in [4.78, 5) is 0. The van der Waals surface area contributed by atoms with Crippen LogP contribution in [-0.4, -0.2) is 25.3 Å². The molecule has 6 nitrogen and oxygen atoms in total. The molecule has 1 N–H and O–H groups in total. The van der Waals surface area contributed by atoms with Crippen LogP contribution in [0.15, 0.2) is 78.9 Å². The highest BCUT2D eigenvalue weighted by Gasteiger charge is 2.34. The zero-order chi connectivity index (χ0) is 20.7. The lowest BCUT2D eigenvalue weighted by Crippen LogP contribution is -2.43. The van der Waals surface area contributed by atoms with Crippen molar-refractivity contribution in [1.82, 2.24) is 0 Å². The van der Waals surface area contributed by atoms with E-state index >= 15 is 0 Å². The molecule has 29 heavy (non-hydrogen) atoms.